The number of amides is 1. The summed E-state index contributed by atoms with van der Waals surface area (Å²) in [5, 5.41) is 6.48. The number of hydrogen-bond acceptors (Lipinski definition) is 3. The van der Waals surface area contributed by atoms with E-state index in [1.54, 1.807) is 0 Å². The van der Waals surface area contributed by atoms with Gasteiger partial charge in [-0.3, -0.25) is 4.79 Å². The average Bonchev–Trinajstić information content (AvgIpc) is 2.27. The minimum Gasteiger partial charge on any atom is -0.353 e. The summed E-state index contributed by atoms with van der Waals surface area (Å²) in [6, 6.07) is 0.470. The zero-order chi connectivity index (χ0) is 11.7. The molecule has 3 aliphatic rings. The first-order chi connectivity index (χ1) is 8.31. The Morgan fingerprint density at radius 3 is 2.94 bits per heavy atom. The Labute approximate surface area is 103 Å². The molecule has 3 heterocycles. The number of likely N-dealkylation sites (tertiary alicyclic amines) is 1. The number of fused-ring (bicyclic) bond motifs is 1. The smallest absolute Gasteiger partial charge is 0.220 e. The van der Waals surface area contributed by atoms with E-state index in [1.165, 1.54) is 39.1 Å². The van der Waals surface area contributed by atoms with Crippen LogP contribution in [0.25, 0.3) is 0 Å². The second-order valence-corrected chi connectivity index (χ2v) is 5.87. The zero-order valence-electron chi connectivity index (χ0n) is 10.5. The molecule has 0 radical (unpaired) electrons. The third-order valence-corrected chi connectivity index (χ3v) is 4.63. The topological polar surface area (TPSA) is 44.4 Å². The van der Waals surface area contributed by atoms with Crippen molar-refractivity contribution >= 4 is 5.91 Å². The second-order valence-electron chi connectivity index (χ2n) is 5.87. The molecule has 0 aromatic rings. The van der Waals surface area contributed by atoms with Gasteiger partial charge in [0.25, 0.3) is 0 Å². The van der Waals surface area contributed by atoms with E-state index in [2.05, 4.69) is 15.5 Å². The highest BCUT2D eigenvalue weighted by molar-refractivity contribution is 5.77. The van der Waals surface area contributed by atoms with Gasteiger partial charge in [0.1, 0.15) is 0 Å². The fourth-order valence-corrected chi connectivity index (χ4v) is 3.31. The summed E-state index contributed by atoms with van der Waals surface area (Å²) >= 11 is 0. The van der Waals surface area contributed by atoms with Crippen molar-refractivity contribution in [3.8, 4) is 0 Å². The molecular formula is C13H23N3O. The van der Waals surface area contributed by atoms with Crippen LogP contribution in [-0.4, -0.2) is 49.6 Å². The van der Waals surface area contributed by atoms with Crippen LogP contribution in [0.4, 0.5) is 0 Å². The maximum Gasteiger partial charge on any atom is 0.220 e. The van der Waals surface area contributed by atoms with Gasteiger partial charge >= 0.3 is 0 Å². The van der Waals surface area contributed by atoms with Gasteiger partial charge < -0.3 is 15.5 Å². The summed E-state index contributed by atoms with van der Waals surface area (Å²) in [4.78, 5) is 13.9. The number of nitrogens with zero attached hydrogens (tertiary/aromatic N) is 1. The molecule has 0 aromatic heterocycles. The van der Waals surface area contributed by atoms with Gasteiger partial charge in [0, 0.05) is 25.6 Å². The van der Waals surface area contributed by atoms with Gasteiger partial charge in [0.2, 0.25) is 5.91 Å². The molecule has 0 bridgehead atoms. The minimum absolute atomic E-state index is 0.264. The third kappa shape index (κ3) is 2.63. The molecule has 0 aromatic carbocycles. The molecule has 1 amide bonds. The van der Waals surface area contributed by atoms with E-state index in [-0.39, 0.29) is 5.91 Å². The number of carbonyl (C=O) groups is 1. The lowest BCUT2D eigenvalue weighted by Gasteiger charge is -2.42. The van der Waals surface area contributed by atoms with Crippen LogP contribution in [0.3, 0.4) is 0 Å². The van der Waals surface area contributed by atoms with E-state index >= 15 is 0 Å². The summed E-state index contributed by atoms with van der Waals surface area (Å²) in [6.07, 6.45) is 4.33. The van der Waals surface area contributed by atoms with Crippen LogP contribution in [0.15, 0.2) is 0 Å². The van der Waals surface area contributed by atoms with Crippen LogP contribution >= 0.6 is 0 Å². The summed E-state index contributed by atoms with van der Waals surface area (Å²) in [6.45, 7) is 6.06. The van der Waals surface area contributed by atoms with Gasteiger partial charge in [-0.1, -0.05) is 0 Å². The highest BCUT2D eigenvalue weighted by Gasteiger charge is 2.33. The third-order valence-electron chi connectivity index (χ3n) is 4.63. The average molecular weight is 237 g/mol. The fourth-order valence-electron chi connectivity index (χ4n) is 3.31. The number of rotatable bonds is 3. The second kappa shape index (κ2) is 4.94. The molecule has 0 aliphatic carbocycles. The van der Waals surface area contributed by atoms with Crippen LogP contribution in [0, 0.1) is 11.8 Å². The van der Waals surface area contributed by atoms with E-state index in [0.29, 0.717) is 12.0 Å². The van der Waals surface area contributed by atoms with Gasteiger partial charge in [0.15, 0.2) is 0 Å². The van der Waals surface area contributed by atoms with Crippen LogP contribution < -0.4 is 10.6 Å². The number of nitrogens with one attached hydrogen (secondary N) is 2. The Balaban J connectivity index is 1.45. The Bertz CT molecular complexity index is 290. The van der Waals surface area contributed by atoms with Crippen LogP contribution in [0.2, 0.25) is 0 Å². The molecular weight excluding hydrogens is 214 g/mol. The van der Waals surface area contributed by atoms with E-state index in [1.807, 2.05) is 0 Å². The van der Waals surface area contributed by atoms with E-state index in [4.69, 9.17) is 0 Å². The summed E-state index contributed by atoms with van der Waals surface area (Å²) < 4.78 is 0. The summed E-state index contributed by atoms with van der Waals surface area (Å²) in [5.41, 5.74) is 0. The Hall–Kier alpha value is -0.610. The van der Waals surface area contributed by atoms with Gasteiger partial charge in [-0.25, -0.2) is 0 Å². The van der Waals surface area contributed by atoms with Crippen molar-refractivity contribution in [2.45, 2.75) is 31.7 Å². The first-order valence-corrected chi connectivity index (χ1v) is 7.03. The molecule has 3 fully saturated rings. The number of piperidine rings is 2. The highest BCUT2D eigenvalue weighted by Crippen LogP contribution is 2.25. The van der Waals surface area contributed by atoms with Crippen molar-refractivity contribution in [2.24, 2.45) is 11.8 Å². The lowest BCUT2D eigenvalue weighted by molar-refractivity contribution is -0.125. The van der Waals surface area contributed by atoms with E-state index < -0.39 is 0 Å². The normalized spacial score (nSPS) is 34.9. The Kier molecular flexibility index (Phi) is 3.34. The number of hydrogen-bond donors (Lipinski definition) is 2. The van der Waals surface area contributed by atoms with Crippen molar-refractivity contribution < 1.29 is 4.79 Å². The van der Waals surface area contributed by atoms with Crippen LogP contribution in [-0.2, 0) is 4.79 Å². The lowest BCUT2D eigenvalue weighted by atomic mass is 9.85. The molecule has 0 saturated carbocycles. The Morgan fingerprint density at radius 2 is 2.18 bits per heavy atom. The summed E-state index contributed by atoms with van der Waals surface area (Å²) in [5.74, 6) is 1.89. The molecule has 3 saturated heterocycles. The van der Waals surface area contributed by atoms with Gasteiger partial charge in [0.05, 0.1) is 0 Å². The molecule has 0 spiro atoms. The largest absolute Gasteiger partial charge is 0.353 e. The molecule has 2 unspecified atom stereocenters. The van der Waals surface area contributed by atoms with Crippen molar-refractivity contribution in [3.63, 3.8) is 0 Å². The quantitative estimate of drug-likeness (QED) is 0.737. The van der Waals surface area contributed by atoms with Crippen molar-refractivity contribution in [1.82, 2.24) is 15.5 Å². The van der Waals surface area contributed by atoms with Crippen LogP contribution in [0.5, 0.6) is 0 Å². The van der Waals surface area contributed by atoms with E-state index in [9.17, 15) is 4.79 Å². The van der Waals surface area contributed by atoms with Crippen molar-refractivity contribution in [3.05, 3.63) is 0 Å². The molecule has 17 heavy (non-hydrogen) atoms. The van der Waals surface area contributed by atoms with Crippen molar-refractivity contribution in [2.75, 3.05) is 32.7 Å². The predicted molar refractivity (Wildman–Crippen MR) is 66.7 cm³/mol. The molecule has 3 aliphatic heterocycles. The molecule has 4 nitrogen and oxygen atoms in total. The molecule has 2 N–H and O–H groups in total. The maximum absolute atomic E-state index is 11.3. The molecule has 4 heteroatoms. The van der Waals surface area contributed by atoms with Gasteiger partial charge in [-0.15, -0.1) is 0 Å². The monoisotopic (exact) mass is 237 g/mol. The van der Waals surface area contributed by atoms with Gasteiger partial charge in [-0.2, -0.15) is 0 Å². The van der Waals surface area contributed by atoms with Gasteiger partial charge in [-0.05, 0) is 50.7 Å². The summed E-state index contributed by atoms with van der Waals surface area (Å²) in [7, 11) is 0. The molecule has 96 valence electrons. The molecule has 3 rings (SSSR count). The van der Waals surface area contributed by atoms with Crippen LogP contribution in [0.1, 0.15) is 25.7 Å². The Morgan fingerprint density at radius 1 is 1.29 bits per heavy atom. The molecule has 2 atom stereocenters. The zero-order valence-corrected chi connectivity index (χ0v) is 10.5. The number of carbonyl (C=O) groups excluding carboxylic acids is 1. The predicted octanol–water partition coefficient (Wildman–Crippen LogP) is 0.196. The SMILES string of the molecule is O=C1CCC2CN(CCC3CNC3)CCC2N1. The van der Waals surface area contributed by atoms with Crippen molar-refractivity contribution in [1.29, 1.82) is 0 Å². The highest BCUT2D eigenvalue weighted by atomic mass is 16.1. The minimum atomic E-state index is 0.264. The van der Waals surface area contributed by atoms with E-state index in [0.717, 1.165) is 25.2 Å². The first-order valence-electron chi connectivity index (χ1n) is 7.03. The first kappa shape index (κ1) is 11.5. The maximum atomic E-state index is 11.3. The fraction of sp³-hybridized carbons (Fsp3) is 0.923. The standard InChI is InChI=1S/C13H23N3O/c17-13-2-1-11-9-16(6-4-12(11)15-13)5-3-10-7-14-8-10/h10-12,14H,1-9H2,(H,15,17). The lowest BCUT2D eigenvalue weighted by Crippen LogP contribution is -2.54.